The molecule has 1 heterocycles. The lowest BCUT2D eigenvalue weighted by atomic mass is 9.83. The van der Waals surface area contributed by atoms with Crippen molar-refractivity contribution in [2.24, 2.45) is 11.8 Å². The van der Waals surface area contributed by atoms with Gasteiger partial charge in [-0.15, -0.1) is 0 Å². The van der Waals surface area contributed by atoms with Crippen molar-refractivity contribution in [3.63, 3.8) is 0 Å². The van der Waals surface area contributed by atoms with Gasteiger partial charge in [-0.1, -0.05) is 33.1 Å². The van der Waals surface area contributed by atoms with Crippen molar-refractivity contribution < 1.29 is 4.79 Å². The van der Waals surface area contributed by atoms with Crippen LogP contribution in [0, 0.1) is 5.92 Å². The molecule has 116 valence electrons. The Kier molecular flexibility index (Phi) is 5.56. The smallest absolute Gasteiger partial charge is 0.251 e. The molecule has 0 saturated heterocycles. The lowest BCUT2D eigenvalue weighted by molar-refractivity contribution is 0.0904. The summed E-state index contributed by atoms with van der Waals surface area (Å²) in [4.78, 5) is 16.8. The predicted molar refractivity (Wildman–Crippen MR) is 84.9 cm³/mol. The molecule has 0 aliphatic heterocycles. The molecule has 0 bridgehead atoms. The number of amides is 1. The van der Waals surface area contributed by atoms with Crippen LogP contribution in [0.25, 0.3) is 0 Å². The van der Waals surface area contributed by atoms with Crippen LogP contribution in [-0.2, 0) is 6.42 Å². The molecule has 1 fully saturated rings. The molecule has 0 radical (unpaired) electrons. The Morgan fingerprint density at radius 3 is 2.76 bits per heavy atom. The van der Waals surface area contributed by atoms with Crippen molar-refractivity contribution in [2.45, 2.75) is 58.4 Å². The van der Waals surface area contributed by atoms with E-state index in [1.807, 2.05) is 13.0 Å². The zero-order valence-electron chi connectivity index (χ0n) is 13.0. The fourth-order valence-electron chi connectivity index (χ4n) is 3.11. The Bertz CT molecular complexity index is 467. The summed E-state index contributed by atoms with van der Waals surface area (Å²) >= 11 is 0. The van der Waals surface area contributed by atoms with Crippen molar-refractivity contribution >= 4 is 11.7 Å². The molecule has 1 aliphatic carbocycles. The zero-order chi connectivity index (χ0) is 15.2. The first kappa shape index (κ1) is 15.8. The lowest BCUT2D eigenvalue weighted by Crippen LogP contribution is -2.42. The monoisotopic (exact) mass is 290 g/mol. The standard InChI is InChI=1S/C16H26N4O/c1-3-11-7-5-6-8-14(11)19-16(21)12-9-13(4-2)18-15(10-12)20-17/h9-11,14H,3-8,17H2,1-2H3,(H,18,20)(H,19,21). The second-order valence-electron chi connectivity index (χ2n) is 5.76. The van der Waals surface area contributed by atoms with Crippen LogP contribution in [0.2, 0.25) is 0 Å². The van der Waals surface area contributed by atoms with E-state index in [1.165, 1.54) is 19.3 Å². The van der Waals surface area contributed by atoms with E-state index in [2.05, 4.69) is 22.7 Å². The summed E-state index contributed by atoms with van der Waals surface area (Å²) in [5.74, 6) is 6.54. The number of nitrogens with one attached hydrogen (secondary N) is 2. The highest BCUT2D eigenvalue weighted by atomic mass is 16.1. The van der Waals surface area contributed by atoms with Crippen LogP contribution < -0.4 is 16.6 Å². The third-order valence-corrected chi connectivity index (χ3v) is 4.40. The van der Waals surface area contributed by atoms with Gasteiger partial charge in [0.25, 0.3) is 5.91 Å². The van der Waals surface area contributed by atoms with Gasteiger partial charge in [-0.3, -0.25) is 4.79 Å². The van der Waals surface area contributed by atoms with Gasteiger partial charge in [0.2, 0.25) is 0 Å². The summed E-state index contributed by atoms with van der Waals surface area (Å²) < 4.78 is 0. The summed E-state index contributed by atoms with van der Waals surface area (Å²) in [6, 6.07) is 3.85. The van der Waals surface area contributed by atoms with Gasteiger partial charge in [-0.25, -0.2) is 10.8 Å². The predicted octanol–water partition coefficient (Wildman–Crippen LogP) is 2.63. The highest BCUT2D eigenvalue weighted by molar-refractivity contribution is 5.95. The number of anilines is 1. The summed E-state index contributed by atoms with van der Waals surface area (Å²) in [6.07, 6.45) is 6.68. The highest BCUT2D eigenvalue weighted by Crippen LogP contribution is 2.27. The summed E-state index contributed by atoms with van der Waals surface area (Å²) in [7, 11) is 0. The van der Waals surface area contributed by atoms with Gasteiger partial charge in [0, 0.05) is 17.3 Å². The zero-order valence-corrected chi connectivity index (χ0v) is 13.0. The van der Waals surface area contributed by atoms with Gasteiger partial charge in [0.1, 0.15) is 5.82 Å². The molecule has 0 spiro atoms. The molecule has 0 aromatic carbocycles. The lowest BCUT2D eigenvalue weighted by Gasteiger charge is -2.31. The Labute approximate surface area is 126 Å². The minimum atomic E-state index is -0.0195. The van der Waals surface area contributed by atoms with E-state index < -0.39 is 0 Å². The Morgan fingerprint density at radius 1 is 1.33 bits per heavy atom. The molecule has 1 aromatic heterocycles. The molecule has 2 unspecified atom stereocenters. The van der Waals surface area contributed by atoms with Gasteiger partial charge in [-0.05, 0) is 37.3 Å². The van der Waals surface area contributed by atoms with E-state index >= 15 is 0 Å². The quantitative estimate of drug-likeness (QED) is 0.575. The maximum absolute atomic E-state index is 12.5. The summed E-state index contributed by atoms with van der Waals surface area (Å²) in [6.45, 7) is 4.21. The molecule has 1 amide bonds. The second kappa shape index (κ2) is 7.41. The number of hydrogen-bond donors (Lipinski definition) is 3. The first-order valence-corrected chi connectivity index (χ1v) is 7.96. The van der Waals surface area contributed by atoms with Crippen LogP contribution in [0.5, 0.6) is 0 Å². The van der Waals surface area contributed by atoms with Gasteiger partial charge >= 0.3 is 0 Å². The molecule has 21 heavy (non-hydrogen) atoms. The number of carbonyl (C=O) groups is 1. The van der Waals surface area contributed by atoms with Crippen LogP contribution in [0.3, 0.4) is 0 Å². The average Bonchev–Trinajstić information content (AvgIpc) is 2.54. The fraction of sp³-hybridized carbons (Fsp3) is 0.625. The molecule has 1 aromatic rings. The third-order valence-electron chi connectivity index (χ3n) is 4.40. The van der Waals surface area contributed by atoms with Crippen LogP contribution in [-0.4, -0.2) is 16.9 Å². The van der Waals surface area contributed by atoms with Gasteiger partial charge in [-0.2, -0.15) is 0 Å². The van der Waals surface area contributed by atoms with Crippen molar-refractivity contribution in [1.82, 2.24) is 10.3 Å². The Balaban J connectivity index is 2.12. The van der Waals surface area contributed by atoms with Gasteiger partial charge in [0.05, 0.1) is 0 Å². The van der Waals surface area contributed by atoms with Crippen LogP contribution in [0.15, 0.2) is 12.1 Å². The average molecular weight is 290 g/mol. The molecule has 2 rings (SSSR count). The molecular formula is C16H26N4O. The number of carbonyl (C=O) groups excluding carboxylic acids is 1. The first-order valence-electron chi connectivity index (χ1n) is 7.96. The maximum atomic E-state index is 12.5. The Morgan fingerprint density at radius 2 is 2.10 bits per heavy atom. The molecule has 2 atom stereocenters. The Hall–Kier alpha value is -1.62. The van der Waals surface area contributed by atoms with E-state index in [4.69, 9.17) is 5.84 Å². The third kappa shape index (κ3) is 3.94. The molecule has 1 saturated carbocycles. The molecular weight excluding hydrogens is 264 g/mol. The number of hydrogen-bond acceptors (Lipinski definition) is 4. The number of nitrogens with two attached hydrogens (primary N) is 1. The molecule has 4 N–H and O–H groups in total. The van der Waals surface area contributed by atoms with Gasteiger partial charge < -0.3 is 10.7 Å². The summed E-state index contributed by atoms with van der Waals surface area (Å²) in [5, 5.41) is 3.20. The SMILES string of the molecule is CCc1cc(C(=O)NC2CCCCC2CC)cc(NN)n1. The van der Waals surface area contributed by atoms with E-state index in [0.717, 1.165) is 25.0 Å². The highest BCUT2D eigenvalue weighted by Gasteiger charge is 2.25. The number of aromatic nitrogens is 1. The first-order chi connectivity index (χ1) is 10.2. The molecule has 5 heteroatoms. The number of pyridine rings is 1. The normalized spacial score (nSPS) is 21.9. The van der Waals surface area contributed by atoms with Gasteiger partial charge in [0.15, 0.2) is 0 Å². The minimum Gasteiger partial charge on any atom is -0.349 e. The number of nitrogen functional groups attached to an aromatic ring is 1. The van der Waals surface area contributed by atoms with Crippen LogP contribution >= 0.6 is 0 Å². The van der Waals surface area contributed by atoms with E-state index in [0.29, 0.717) is 23.3 Å². The number of rotatable bonds is 5. The fourth-order valence-corrected chi connectivity index (χ4v) is 3.11. The van der Waals surface area contributed by atoms with Crippen LogP contribution in [0.4, 0.5) is 5.82 Å². The van der Waals surface area contributed by atoms with Crippen molar-refractivity contribution in [3.05, 3.63) is 23.4 Å². The topological polar surface area (TPSA) is 80.0 Å². The number of aryl methyl sites for hydroxylation is 1. The maximum Gasteiger partial charge on any atom is 0.251 e. The number of hydrazine groups is 1. The minimum absolute atomic E-state index is 0.0195. The van der Waals surface area contributed by atoms with E-state index in [9.17, 15) is 4.79 Å². The van der Waals surface area contributed by atoms with Crippen LogP contribution in [0.1, 0.15) is 62.0 Å². The number of nitrogens with zero attached hydrogens (tertiary/aromatic N) is 1. The van der Waals surface area contributed by atoms with Crippen molar-refractivity contribution in [1.29, 1.82) is 0 Å². The summed E-state index contributed by atoms with van der Waals surface area (Å²) in [5.41, 5.74) is 4.03. The second-order valence-corrected chi connectivity index (χ2v) is 5.76. The van der Waals surface area contributed by atoms with E-state index in [-0.39, 0.29) is 5.91 Å². The van der Waals surface area contributed by atoms with E-state index in [1.54, 1.807) is 6.07 Å². The molecule has 5 nitrogen and oxygen atoms in total. The van der Waals surface area contributed by atoms with Crippen molar-refractivity contribution in [2.75, 3.05) is 5.43 Å². The molecule has 1 aliphatic rings. The van der Waals surface area contributed by atoms with Crippen molar-refractivity contribution in [3.8, 4) is 0 Å². The largest absolute Gasteiger partial charge is 0.349 e.